The molecule has 0 bridgehead atoms. The van der Waals surface area contributed by atoms with Gasteiger partial charge in [0.15, 0.2) is 0 Å². The van der Waals surface area contributed by atoms with Gasteiger partial charge in [0.1, 0.15) is 0 Å². The predicted molar refractivity (Wildman–Crippen MR) is 66.0 cm³/mol. The minimum absolute atomic E-state index is 0.116. The van der Waals surface area contributed by atoms with Gasteiger partial charge in [-0.15, -0.1) is 0 Å². The van der Waals surface area contributed by atoms with Crippen molar-refractivity contribution >= 4 is 0 Å². The highest BCUT2D eigenvalue weighted by atomic mass is 15.1. The molecule has 1 aliphatic carbocycles. The first-order chi connectivity index (χ1) is 7.65. The van der Waals surface area contributed by atoms with E-state index >= 15 is 0 Å². The third-order valence-corrected chi connectivity index (χ3v) is 3.66. The molecule has 1 aromatic heterocycles. The fourth-order valence-corrected chi connectivity index (χ4v) is 2.45. The number of hydrogen-bond acceptors (Lipinski definition) is 2. The van der Waals surface area contributed by atoms with Crippen LogP contribution in [0.5, 0.6) is 0 Å². The Hall–Kier alpha value is -0.830. The molecule has 1 aromatic rings. The molecule has 3 nitrogen and oxygen atoms in total. The Bertz CT molecular complexity index is 343. The highest BCUT2D eigenvalue weighted by molar-refractivity contribution is 5.10. The van der Waals surface area contributed by atoms with Crippen LogP contribution in [-0.4, -0.2) is 9.55 Å². The zero-order chi connectivity index (χ0) is 11.7. The Kier molecular flexibility index (Phi) is 3.33. The van der Waals surface area contributed by atoms with E-state index in [0.717, 1.165) is 5.92 Å². The second-order valence-electron chi connectivity index (χ2n) is 5.35. The summed E-state index contributed by atoms with van der Waals surface area (Å²) in [6.45, 7) is 6.58. The molecule has 2 N–H and O–H groups in total. The highest BCUT2D eigenvalue weighted by Crippen LogP contribution is 2.47. The molecule has 0 aliphatic heterocycles. The molecule has 0 radical (unpaired) electrons. The second-order valence-corrected chi connectivity index (χ2v) is 5.35. The molecule has 3 unspecified atom stereocenters. The van der Waals surface area contributed by atoms with Crippen LogP contribution >= 0.6 is 0 Å². The van der Waals surface area contributed by atoms with Crippen LogP contribution in [0.2, 0.25) is 0 Å². The molecular weight excluding hydrogens is 198 g/mol. The van der Waals surface area contributed by atoms with Crippen molar-refractivity contribution in [3.05, 3.63) is 18.2 Å². The fourth-order valence-electron chi connectivity index (χ4n) is 2.45. The molecule has 0 saturated heterocycles. The first-order valence-electron chi connectivity index (χ1n) is 6.42. The quantitative estimate of drug-likeness (QED) is 0.830. The van der Waals surface area contributed by atoms with Crippen LogP contribution in [-0.2, 0) is 0 Å². The molecule has 2 rings (SSSR count). The predicted octanol–water partition coefficient (Wildman–Crippen LogP) is 2.90. The molecule has 1 aliphatic rings. The van der Waals surface area contributed by atoms with Crippen molar-refractivity contribution in [2.75, 3.05) is 0 Å². The summed E-state index contributed by atoms with van der Waals surface area (Å²) in [5, 5.41) is 0. The number of imidazole rings is 1. The van der Waals surface area contributed by atoms with Crippen LogP contribution < -0.4 is 5.73 Å². The van der Waals surface area contributed by atoms with E-state index in [-0.39, 0.29) is 6.04 Å². The monoisotopic (exact) mass is 221 g/mol. The molecule has 0 amide bonds. The van der Waals surface area contributed by atoms with Crippen molar-refractivity contribution < 1.29 is 0 Å². The normalized spacial score (nSPS) is 26.1. The lowest BCUT2D eigenvalue weighted by atomic mass is 10.0. The third-order valence-electron chi connectivity index (χ3n) is 3.66. The van der Waals surface area contributed by atoms with Crippen molar-refractivity contribution in [2.24, 2.45) is 17.6 Å². The second kappa shape index (κ2) is 4.58. The smallest absolute Gasteiger partial charge is 0.0951 e. The fraction of sp³-hybridized carbons (Fsp3) is 0.769. The zero-order valence-corrected chi connectivity index (χ0v) is 10.6. The van der Waals surface area contributed by atoms with Gasteiger partial charge in [-0.25, -0.2) is 4.98 Å². The Morgan fingerprint density at radius 2 is 2.31 bits per heavy atom. The van der Waals surface area contributed by atoms with Gasteiger partial charge >= 0.3 is 0 Å². The standard InChI is InChI=1S/C13H23N3/c1-4-5-10-6-11(10)16-8-15-7-12(16)13(14)9(2)3/h7-11,13H,4-6,14H2,1-3H3. The number of nitrogens with two attached hydrogens (primary N) is 1. The van der Waals surface area contributed by atoms with E-state index < -0.39 is 0 Å². The van der Waals surface area contributed by atoms with Crippen molar-refractivity contribution in [3.8, 4) is 0 Å². The summed E-state index contributed by atoms with van der Waals surface area (Å²) in [6, 6.07) is 0.785. The van der Waals surface area contributed by atoms with Crippen molar-refractivity contribution in [3.63, 3.8) is 0 Å². The van der Waals surface area contributed by atoms with Gasteiger partial charge in [-0.1, -0.05) is 27.2 Å². The third kappa shape index (κ3) is 2.14. The summed E-state index contributed by atoms with van der Waals surface area (Å²) in [7, 11) is 0. The molecule has 1 fully saturated rings. The first kappa shape index (κ1) is 11.6. The minimum atomic E-state index is 0.116. The van der Waals surface area contributed by atoms with E-state index in [9.17, 15) is 0 Å². The van der Waals surface area contributed by atoms with Crippen LogP contribution in [0.3, 0.4) is 0 Å². The van der Waals surface area contributed by atoms with Gasteiger partial charge in [0.2, 0.25) is 0 Å². The van der Waals surface area contributed by atoms with Crippen LogP contribution in [0.15, 0.2) is 12.5 Å². The van der Waals surface area contributed by atoms with E-state index in [1.807, 2.05) is 12.5 Å². The molecule has 0 spiro atoms. The van der Waals surface area contributed by atoms with E-state index in [1.54, 1.807) is 0 Å². The Balaban J connectivity index is 2.09. The van der Waals surface area contributed by atoms with E-state index in [2.05, 4.69) is 30.3 Å². The van der Waals surface area contributed by atoms with Gasteiger partial charge in [-0.3, -0.25) is 0 Å². The average molecular weight is 221 g/mol. The van der Waals surface area contributed by atoms with E-state index in [4.69, 9.17) is 5.73 Å². The summed E-state index contributed by atoms with van der Waals surface area (Å²) in [4.78, 5) is 4.26. The van der Waals surface area contributed by atoms with Gasteiger partial charge in [0, 0.05) is 18.3 Å². The number of nitrogens with zero attached hydrogens (tertiary/aromatic N) is 2. The van der Waals surface area contributed by atoms with Gasteiger partial charge in [0.25, 0.3) is 0 Å². The van der Waals surface area contributed by atoms with E-state index in [1.165, 1.54) is 25.0 Å². The van der Waals surface area contributed by atoms with Crippen LogP contribution in [0.4, 0.5) is 0 Å². The Labute approximate surface area is 98.1 Å². The van der Waals surface area contributed by atoms with Crippen LogP contribution in [0, 0.1) is 11.8 Å². The lowest BCUT2D eigenvalue weighted by Gasteiger charge is -2.18. The van der Waals surface area contributed by atoms with Gasteiger partial charge in [-0.2, -0.15) is 0 Å². The maximum atomic E-state index is 6.21. The summed E-state index contributed by atoms with van der Waals surface area (Å²) < 4.78 is 2.31. The Morgan fingerprint density at radius 3 is 2.94 bits per heavy atom. The SMILES string of the molecule is CCCC1CC1n1cncc1C(N)C(C)C. The molecule has 3 heteroatoms. The average Bonchev–Trinajstić information content (AvgIpc) is 2.84. The zero-order valence-electron chi connectivity index (χ0n) is 10.6. The Morgan fingerprint density at radius 1 is 1.56 bits per heavy atom. The topological polar surface area (TPSA) is 43.8 Å². The van der Waals surface area contributed by atoms with E-state index in [0.29, 0.717) is 12.0 Å². The van der Waals surface area contributed by atoms with Gasteiger partial charge in [0.05, 0.1) is 12.0 Å². The number of hydrogen-bond donors (Lipinski definition) is 1. The lowest BCUT2D eigenvalue weighted by molar-refractivity contribution is 0.471. The molecule has 3 atom stereocenters. The molecular formula is C13H23N3. The van der Waals surface area contributed by atoms with Crippen molar-refractivity contribution in [2.45, 2.75) is 52.1 Å². The molecule has 0 aromatic carbocycles. The molecule has 1 saturated carbocycles. The summed E-state index contributed by atoms with van der Waals surface area (Å²) in [5.41, 5.74) is 7.41. The molecule has 1 heterocycles. The highest BCUT2D eigenvalue weighted by Gasteiger charge is 2.39. The van der Waals surface area contributed by atoms with Crippen LogP contribution in [0.25, 0.3) is 0 Å². The summed E-state index contributed by atoms with van der Waals surface area (Å²) >= 11 is 0. The molecule has 16 heavy (non-hydrogen) atoms. The lowest BCUT2D eigenvalue weighted by Crippen LogP contribution is -2.20. The largest absolute Gasteiger partial charge is 0.330 e. The minimum Gasteiger partial charge on any atom is -0.330 e. The summed E-state index contributed by atoms with van der Waals surface area (Å²) in [5.74, 6) is 1.33. The van der Waals surface area contributed by atoms with Crippen molar-refractivity contribution in [1.29, 1.82) is 0 Å². The number of rotatable bonds is 5. The van der Waals surface area contributed by atoms with Gasteiger partial charge < -0.3 is 10.3 Å². The number of aromatic nitrogens is 2. The first-order valence-corrected chi connectivity index (χ1v) is 6.42. The van der Waals surface area contributed by atoms with Gasteiger partial charge in [-0.05, 0) is 24.7 Å². The molecule has 90 valence electrons. The van der Waals surface area contributed by atoms with Crippen LogP contribution in [0.1, 0.15) is 57.8 Å². The maximum absolute atomic E-state index is 6.21. The summed E-state index contributed by atoms with van der Waals surface area (Å²) in [6.07, 6.45) is 7.81. The maximum Gasteiger partial charge on any atom is 0.0951 e. The van der Waals surface area contributed by atoms with Crippen molar-refractivity contribution in [1.82, 2.24) is 9.55 Å².